The van der Waals surface area contributed by atoms with Gasteiger partial charge in [-0.05, 0) is 25.3 Å². The van der Waals surface area contributed by atoms with Crippen LogP contribution >= 0.6 is 0 Å². The van der Waals surface area contributed by atoms with Gasteiger partial charge in [-0.3, -0.25) is 4.68 Å². The van der Waals surface area contributed by atoms with E-state index < -0.39 is 0 Å². The molecule has 0 saturated heterocycles. The van der Waals surface area contributed by atoms with Crippen LogP contribution in [0, 0.1) is 0 Å². The molecule has 0 aliphatic rings. The molecule has 38 heavy (non-hydrogen) atoms. The van der Waals surface area contributed by atoms with Crippen molar-refractivity contribution >= 4 is 0 Å². The molecule has 0 saturated carbocycles. The molecule has 0 bridgehead atoms. The van der Waals surface area contributed by atoms with Crippen LogP contribution in [0.4, 0.5) is 0 Å². The van der Waals surface area contributed by atoms with Crippen LogP contribution in [-0.2, 0) is 0 Å². The highest BCUT2D eigenvalue weighted by Gasteiger charge is 2.12. The average Bonchev–Trinajstić information content (AvgIpc) is 3.51. The number of hydrogen-bond acceptors (Lipinski definition) is 7. The molecule has 8 nitrogen and oxygen atoms in total. The Morgan fingerprint density at radius 3 is 1.45 bits per heavy atom. The van der Waals surface area contributed by atoms with E-state index in [9.17, 15) is 0 Å². The standard InChI is InChI=1S/C18H17N3.C7H10N2.C5H9N3/c1-13(2)16-19-17(14-9-5-3-6-10-14)21-18(20-16)15-11-7-4-8-12-15;1-6(2)7-3-8-5-9-4-7;1-5(2)8-4-6-3-7-8/h3-13H,1-2H3;3-6H,1-2H3;3-5H,1-2H3. The second kappa shape index (κ2) is 14.4. The minimum absolute atomic E-state index is 0.262. The van der Waals surface area contributed by atoms with Gasteiger partial charge in [0.1, 0.15) is 24.8 Å². The van der Waals surface area contributed by atoms with E-state index in [2.05, 4.69) is 76.5 Å². The number of rotatable bonds is 5. The van der Waals surface area contributed by atoms with E-state index in [1.165, 1.54) is 5.56 Å². The van der Waals surface area contributed by atoms with Crippen LogP contribution in [0.15, 0.2) is 92.0 Å². The largest absolute Gasteiger partial charge is 0.250 e. The van der Waals surface area contributed by atoms with Gasteiger partial charge in [-0.15, -0.1) is 0 Å². The van der Waals surface area contributed by atoms with Crippen molar-refractivity contribution in [1.82, 2.24) is 39.7 Å². The summed E-state index contributed by atoms with van der Waals surface area (Å²) in [5, 5.41) is 3.92. The van der Waals surface area contributed by atoms with Crippen LogP contribution in [0.3, 0.4) is 0 Å². The van der Waals surface area contributed by atoms with Crippen LogP contribution in [0.1, 0.15) is 70.8 Å². The number of hydrogen-bond donors (Lipinski definition) is 0. The highest BCUT2D eigenvalue weighted by atomic mass is 15.3. The lowest BCUT2D eigenvalue weighted by molar-refractivity contribution is 0.531. The summed E-state index contributed by atoms with van der Waals surface area (Å²) in [4.78, 5) is 25.4. The third-order valence-corrected chi connectivity index (χ3v) is 5.45. The fourth-order valence-corrected chi connectivity index (χ4v) is 3.18. The Hall–Kier alpha value is -4.33. The van der Waals surface area contributed by atoms with Crippen molar-refractivity contribution in [1.29, 1.82) is 0 Å². The minimum atomic E-state index is 0.262. The summed E-state index contributed by atoms with van der Waals surface area (Å²) in [5.74, 6) is 3.08. The summed E-state index contributed by atoms with van der Waals surface area (Å²) in [7, 11) is 0. The maximum atomic E-state index is 4.63. The normalized spacial score (nSPS) is 10.6. The second-order valence-electron chi connectivity index (χ2n) is 9.52. The highest BCUT2D eigenvalue weighted by Crippen LogP contribution is 2.22. The molecule has 0 radical (unpaired) electrons. The molecule has 0 unspecified atom stereocenters. The maximum absolute atomic E-state index is 4.63. The fourth-order valence-electron chi connectivity index (χ4n) is 3.18. The first-order valence-corrected chi connectivity index (χ1v) is 12.8. The Balaban J connectivity index is 0.000000193. The van der Waals surface area contributed by atoms with Gasteiger partial charge < -0.3 is 0 Å². The summed E-state index contributed by atoms with van der Waals surface area (Å²) in [6.07, 6.45) is 8.49. The van der Waals surface area contributed by atoms with Crippen molar-refractivity contribution in [3.8, 4) is 22.8 Å². The summed E-state index contributed by atoms with van der Waals surface area (Å²) in [6, 6.07) is 20.5. The van der Waals surface area contributed by atoms with E-state index in [1.54, 1.807) is 23.7 Å². The molecule has 0 atom stereocenters. The summed E-state index contributed by atoms with van der Waals surface area (Å²) in [6.45, 7) is 12.6. The lowest BCUT2D eigenvalue weighted by Crippen LogP contribution is -2.04. The maximum Gasteiger partial charge on any atom is 0.163 e. The van der Waals surface area contributed by atoms with E-state index >= 15 is 0 Å². The molecule has 3 aromatic heterocycles. The Morgan fingerprint density at radius 2 is 1.11 bits per heavy atom. The van der Waals surface area contributed by atoms with Crippen molar-refractivity contribution < 1.29 is 0 Å². The van der Waals surface area contributed by atoms with Gasteiger partial charge in [0.25, 0.3) is 0 Å². The van der Waals surface area contributed by atoms with Crippen LogP contribution in [0.2, 0.25) is 0 Å². The molecule has 0 spiro atoms. The molecular weight excluding hydrogens is 472 g/mol. The first-order chi connectivity index (χ1) is 18.3. The van der Waals surface area contributed by atoms with Gasteiger partial charge in [-0.2, -0.15) is 5.10 Å². The molecule has 3 heterocycles. The van der Waals surface area contributed by atoms with Crippen molar-refractivity contribution in [3.63, 3.8) is 0 Å². The monoisotopic (exact) mass is 508 g/mol. The molecule has 0 amide bonds. The Bertz CT molecular complexity index is 1260. The van der Waals surface area contributed by atoms with Gasteiger partial charge in [0.2, 0.25) is 0 Å². The average molecular weight is 509 g/mol. The van der Waals surface area contributed by atoms with E-state index in [4.69, 9.17) is 0 Å². The topological polar surface area (TPSA) is 95.2 Å². The Labute approximate surface area is 225 Å². The molecular formula is C30H36N8. The van der Waals surface area contributed by atoms with Crippen LogP contribution in [0.5, 0.6) is 0 Å². The van der Waals surface area contributed by atoms with Gasteiger partial charge >= 0.3 is 0 Å². The van der Waals surface area contributed by atoms with Crippen LogP contribution in [0.25, 0.3) is 22.8 Å². The number of aromatic nitrogens is 8. The number of benzene rings is 2. The predicted molar refractivity (Wildman–Crippen MR) is 151 cm³/mol. The Morgan fingerprint density at radius 1 is 0.579 bits per heavy atom. The highest BCUT2D eigenvalue weighted by molar-refractivity contribution is 5.60. The predicted octanol–water partition coefficient (Wildman–Crippen LogP) is 6.79. The molecule has 0 N–H and O–H groups in total. The minimum Gasteiger partial charge on any atom is -0.250 e. The summed E-state index contributed by atoms with van der Waals surface area (Å²) >= 11 is 0. The third-order valence-electron chi connectivity index (χ3n) is 5.45. The smallest absolute Gasteiger partial charge is 0.163 e. The van der Waals surface area contributed by atoms with Gasteiger partial charge in [0.15, 0.2) is 11.6 Å². The molecule has 5 aromatic rings. The van der Waals surface area contributed by atoms with E-state index in [0.29, 0.717) is 12.0 Å². The zero-order valence-corrected chi connectivity index (χ0v) is 23.0. The van der Waals surface area contributed by atoms with Crippen LogP contribution < -0.4 is 0 Å². The van der Waals surface area contributed by atoms with Crippen LogP contribution in [-0.4, -0.2) is 39.7 Å². The summed E-state index contributed by atoms with van der Waals surface area (Å²) in [5.41, 5.74) is 3.22. The lowest BCUT2D eigenvalue weighted by atomic mass is 10.1. The first kappa shape index (κ1) is 28.2. The first-order valence-electron chi connectivity index (χ1n) is 12.8. The van der Waals surface area contributed by atoms with Crippen molar-refractivity contribution in [2.24, 2.45) is 0 Å². The van der Waals surface area contributed by atoms with E-state index in [0.717, 1.165) is 28.6 Å². The second-order valence-corrected chi connectivity index (χ2v) is 9.52. The van der Waals surface area contributed by atoms with Gasteiger partial charge in [0, 0.05) is 35.5 Å². The lowest BCUT2D eigenvalue weighted by Gasteiger charge is -2.09. The molecule has 0 aliphatic carbocycles. The van der Waals surface area contributed by atoms with Gasteiger partial charge in [-0.1, -0.05) is 88.4 Å². The van der Waals surface area contributed by atoms with Crippen molar-refractivity contribution in [3.05, 3.63) is 103 Å². The molecule has 2 aromatic carbocycles. The molecule has 8 heteroatoms. The zero-order chi connectivity index (χ0) is 27.3. The van der Waals surface area contributed by atoms with E-state index in [1.807, 2.05) is 73.1 Å². The zero-order valence-electron chi connectivity index (χ0n) is 23.0. The van der Waals surface area contributed by atoms with Gasteiger partial charge in [-0.25, -0.2) is 29.9 Å². The quantitative estimate of drug-likeness (QED) is 0.258. The third kappa shape index (κ3) is 8.65. The van der Waals surface area contributed by atoms with E-state index in [-0.39, 0.29) is 5.92 Å². The molecule has 5 rings (SSSR count). The van der Waals surface area contributed by atoms with Crippen molar-refractivity contribution in [2.75, 3.05) is 0 Å². The van der Waals surface area contributed by atoms with Gasteiger partial charge in [0.05, 0.1) is 0 Å². The molecule has 196 valence electrons. The number of nitrogens with zero attached hydrogens (tertiary/aromatic N) is 8. The SMILES string of the molecule is CC(C)c1cncnc1.CC(C)c1nc(-c2ccccc2)nc(-c2ccccc2)n1.CC(C)n1cncn1. The van der Waals surface area contributed by atoms with Crippen molar-refractivity contribution in [2.45, 2.75) is 59.4 Å². The fraction of sp³-hybridized carbons (Fsp3) is 0.300. The Kier molecular flexibility index (Phi) is 10.7. The molecule has 0 fully saturated rings. The summed E-state index contributed by atoms with van der Waals surface area (Å²) < 4.78 is 1.81. The molecule has 0 aliphatic heterocycles.